The lowest BCUT2D eigenvalue weighted by atomic mass is 9.92. The Bertz CT molecular complexity index is 1310. The summed E-state index contributed by atoms with van der Waals surface area (Å²) in [6.45, 7) is 10.9. The number of aromatic nitrogens is 1. The number of rotatable bonds is 7. The van der Waals surface area contributed by atoms with Crippen LogP contribution < -0.4 is 5.32 Å². The molecule has 0 unspecified atom stereocenters. The van der Waals surface area contributed by atoms with Crippen molar-refractivity contribution in [1.29, 1.82) is 0 Å². The highest BCUT2D eigenvalue weighted by Gasteiger charge is 2.46. The minimum Gasteiger partial charge on any atom is -0.359 e. The van der Waals surface area contributed by atoms with E-state index in [2.05, 4.69) is 104 Å². The lowest BCUT2D eigenvalue weighted by Gasteiger charge is -2.21. The van der Waals surface area contributed by atoms with Crippen LogP contribution >= 0.6 is 0 Å². The molecule has 0 atom stereocenters. The molecule has 166 valence electrons. The topological polar surface area (TPSA) is 24.9 Å². The summed E-state index contributed by atoms with van der Waals surface area (Å²) in [5.74, 6) is 0. The van der Waals surface area contributed by atoms with Gasteiger partial charge in [-0.25, -0.2) is 0 Å². The molecule has 0 spiro atoms. The maximum atomic E-state index is 4.61. The van der Waals surface area contributed by atoms with Gasteiger partial charge in [-0.1, -0.05) is 55.5 Å². The van der Waals surface area contributed by atoms with Crippen LogP contribution in [-0.2, 0) is 18.3 Å². The number of nitrogens with zero attached hydrogens (tertiary/aromatic N) is 1. The van der Waals surface area contributed by atoms with Gasteiger partial charge in [0.2, 0.25) is 0 Å². The van der Waals surface area contributed by atoms with Crippen LogP contribution in [0.3, 0.4) is 0 Å². The van der Waals surface area contributed by atoms with Gasteiger partial charge in [-0.3, -0.25) is 4.98 Å². The number of allylic oxidation sites excluding steroid dienone is 1. The minimum atomic E-state index is 0.0808. The first kappa shape index (κ1) is 21.5. The highest BCUT2D eigenvalue weighted by molar-refractivity contribution is 5.84. The maximum absolute atomic E-state index is 4.61. The summed E-state index contributed by atoms with van der Waals surface area (Å²) in [4.78, 5) is 4.61. The van der Waals surface area contributed by atoms with Gasteiger partial charge in [-0.2, -0.15) is 0 Å². The molecule has 33 heavy (non-hydrogen) atoms. The fourth-order valence-corrected chi connectivity index (χ4v) is 4.92. The van der Waals surface area contributed by atoms with E-state index in [1.807, 2.05) is 6.20 Å². The monoisotopic (exact) mass is 432 g/mol. The van der Waals surface area contributed by atoms with Crippen LogP contribution in [-0.4, -0.2) is 4.98 Å². The predicted octanol–water partition coefficient (Wildman–Crippen LogP) is 7.66. The van der Waals surface area contributed by atoms with E-state index in [9.17, 15) is 0 Å². The van der Waals surface area contributed by atoms with Crippen molar-refractivity contribution in [1.82, 2.24) is 4.98 Å². The summed E-state index contributed by atoms with van der Waals surface area (Å²) < 4.78 is 0. The van der Waals surface area contributed by atoms with E-state index in [0.29, 0.717) is 0 Å². The van der Waals surface area contributed by atoms with Crippen molar-refractivity contribution in [2.45, 2.75) is 51.9 Å². The zero-order valence-electron chi connectivity index (χ0n) is 19.9. The fraction of sp³-hybridized carbons (Fsp3) is 0.258. The van der Waals surface area contributed by atoms with Crippen LogP contribution in [0.1, 0.15) is 53.1 Å². The highest BCUT2D eigenvalue weighted by atomic mass is 14.9. The molecule has 1 N–H and O–H groups in total. The number of hydrogen-bond acceptors (Lipinski definition) is 2. The number of anilines is 1. The third-order valence-electron chi connectivity index (χ3n) is 7.25. The molecule has 0 radical (unpaired) electrons. The number of hydrogen-bond donors (Lipinski definition) is 1. The molecule has 1 aliphatic carbocycles. The number of aryl methyl sites for hydroxylation is 3. The van der Waals surface area contributed by atoms with Gasteiger partial charge in [0.1, 0.15) is 0 Å². The lowest BCUT2D eigenvalue weighted by Crippen LogP contribution is -2.16. The Hall–Kier alpha value is -3.39. The first-order chi connectivity index (χ1) is 16.0. The lowest BCUT2D eigenvalue weighted by molar-refractivity contribution is 0.830. The molecule has 2 heteroatoms. The second-order valence-electron chi connectivity index (χ2n) is 9.54. The molecule has 3 aromatic carbocycles. The summed E-state index contributed by atoms with van der Waals surface area (Å²) in [5.41, 5.74) is 11.4. The van der Waals surface area contributed by atoms with E-state index in [4.69, 9.17) is 0 Å². The smallest absolute Gasteiger partial charge is 0.0707 e. The van der Waals surface area contributed by atoms with Crippen LogP contribution in [0.25, 0.3) is 10.9 Å². The van der Waals surface area contributed by atoms with Gasteiger partial charge >= 0.3 is 0 Å². The molecule has 1 heterocycles. The quantitative estimate of drug-likeness (QED) is 0.324. The summed E-state index contributed by atoms with van der Waals surface area (Å²) in [6.07, 6.45) is 6.20. The van der Waals surface area contributed by atoms with E-state index >= 15 is 0 Å². The van der Waals surface area contributed by atoms with Crippen molar-refractivity contribution in [2.24, 2.45) is 0 Å². The van der Waals surface area contributed by atoms with E-state index in [-0.39, 0.29) is 5.41 Å². The average Bonchev–Trinajstić information content (AvgIpc) is 3.63. The Labute approximate surface area is 197 Å². The van der Waals surface area contributed by atoms with Crippen LogP contribution in [0, 0.1) is 13.8 Å². The molecule has 0 bridgehead atoms. The van der Waals surface area contributed by atoms with Crippen molar-refractivity contribution >= 4 is 16.6 Å². The minimum absolute atomic E-state index is 0.0808. The molecule has 4 aromatic rings. The summed E-state index contributed by atoms with van der Waals surface area (Å²) >= 11 is 0. The second-order valence-corrected chi connectivity index (χ2v) is 9.54. The number of nitrogens with one attached hydrogen (secondary N) is 1. The van der Waals surface area contributed by atoms with Gasteiger partial charge in [-0.15, -0.1) is 0 Å². The van der Waals surface area contributed by atoms with E-state index in [1.54, 1.807) is 0 Å². The van der Waals surface area contributed by atoms with Crippen molar-refractivity contribution in [3.63, 3.8) is 0 Å². The second kappa shape index (κ2) is 8.51. The van der Waals surface area contributed by atoms with Crippen molar-refractivity contribution in [3.05, 3.63) is 119 Å². The molecule has 1 aliphatic rings. The van der Waals surface area contributed by atoms with Crippen molar-refractivity contribution < 1.29 is 0 Å². The normalized spacial score (nSPS) is 14.3. The highest BCUT2D eigenvalue weighted by Crippen LogP contribution is 2.53. The molecule has 2 nitrogen and oxygen atoms in total. The van der Waals surface area contributed by atoms with Gasteiger partial charge in [-0.05, 0) is 97.7 Å². The molecule has 5 rings (SSSR count). The largest absolute Gasteiger partial charge is 0.359 e. The number of fused-ring (bicyclic) bond motifs is 1. The van der Waals surface area contributed by atoms with Gasteiger partial charge in [0.25, 0.3) is 0 Å². The molecule has 0 amide bonds. The number of benzene rings is 3. The molecule has 0 saturated heterocycles. The summed E-state index contributed by atoms with van der Waals surface area (Å²) in [5, 5.41) is 4.86. The van der Waals surface area contributed by atoms with Crippen molar-refractivity contribution in [2.75, 3.05) is 5.32 Å². The van der Waals surface area contributed by atoms with Crippen LogP contribution in [0.15, 0.2) is 85.2 Å². The first-order valence-electron chi connectivity index (χ1n) is 12.0. The van der Waals surface area contributed by atoms with Crippen LogP contribution in [0.2, 0.25) is 0 Å². The third kappa shape index (κ3) is 4.18. The van der Waals surface area contributed by atoms with E-state index < -0.39 is 0 Å². The Balaban J connectivity index is 1.32. The predicted molar refractivity (Wildman–Crippen MR) is 140 cm³/mol. The zero-order valence-corrected chi connectivity index (χ0v) is 19.9. The Kier molecular flexibility index (Phi) is 5.54. The maximum Gasteiger partial charge on any atom is 0.0707 e. The fourth-order valence-electron chi connectivity index (χ4n) is 4.92. The summed E-state index contributed by atoms with van der Waals surface area (Å²) in [7, 11) is 0. The standard InChI is InChI=1S/C31H32N2/c1-5-25-20-29-26(14-17-32-30(29)18-22(25)3)19-24-8-12-28(13-9-24)33-23(4)31(15-16-31)27-10-6-21(2)7-11-27/h6-14,17-18,20,33H,4-5,15-16,19H2,1-3H3. The van der Waals surface area contributed by atoms with E-state index in [0.717, 1.165) is 42.6 Å². The Morgan fingerprint density at radius 3 is 2.33 bits per heavy atom. The van der Waals surface area contributed by atoms with Gasteiger partial charge in [0.15, 0.2) is 0 Å². The SMILES string of the molecule is C=C(Nc1ccc(Cc2ccnc3cc(C)c(CC)cc23)cc1)C1(c2ccc(C)cc2)CC1. The molecular weight excluding hydrogens is 400 g/mol. The van der Waals surface area contributed by atoms with Crippen molar-refractivity contribution in [3.8, 4) is 0 Å². The van der Waals surface area contributed by atoms with Gasteiger partial charge < -0.3 is 5.32 Å². The molecule has 0 aliphatic heterocycles. The average molecular weight is 433 g/mol. The zero-order chi connectivity index (χ0) is 23.0. The van der Waals surface area contributed by atoms with E-state index in [1.165, 1.54) is 38.8 Å². The Morgan fingerprint density at radius 1 is 0.939 bits per heavy atom. The van der Waals surface area contributed by atoms with Gasteiger partial charge in [0.05, 0.1) is 5.52 Å². The number of pyridine rings is 1. The third-order valence-corrected chi connectivity index (χ3v) is 7.25. The molecule has 1 fully saturated rings. The molecule has 1 aromatic heterocycles. The molecule has 1 saturated carbocycles. The first-order valence-corrected chi connectivity index (χ1v) is 12.0. The Morgan fingerprint density at radius 2 is 1.67 bits per heavy atom. The molecular formula is C31H32N2. The van der Waals surface area contributed by atoms with Gasteiger partial charge in [0, 0.05) is 28.4 Å². The van der Waals surface area contributed by atoms with Crippen LogP contribution in [0.4, 0.5) is 5.69 Å². The van der Waals surface area contributed by atoms with Crippen LogP contribution in [0.5, 0.6) is 0 Å². The summed E-state index contributed by atoms with van der Waals surface area (Å²) in [6, 6.07) is 24.4.